The summed E-state index contributed by atoms with van der Waals surface area (Å²) in [6.07, 6.45) is 4.46. The molecule has 106 valence electrons. The Morgan fingerprint density at radius 2 is 2.06 bits per heavy atom. The van der Waals surface area contributed by atoms with Crippen LogP contribution < -0.4 is 5.32 Å². The zero-order chi connectivity index (χ0) is 13.6. The molecule has 18 heavy (non-hydrogen) atoms. The van der Waals surface area contributed by atoms with Crippen molar-refractivity contribution in [1.29, 1.82) is 0 Å². The number of ether oxygens (including phenoxy) is 1. The van der Waals surface area contributed by atoms with E-state index in [9.17, 15) is 4.79 Å². The predicted octanol–water partition coefficient (Wildman–Crippen LogP) is 2.63. The normalized spacial score (nSPS) is 21.6. The smallest absolute Gasteiger partial charge is 0.410 e. The van der Waals surface area contributed by atoms with Crippen molar-refractivity contribution in [1.82, 2.24) is 10.2 Å². The number of amides is 1. The van der Waals surface area contributed by atoms with Gasteiger partial charge in [-0.15, -0.1) is 0 Å². The molecule has 0 aromatic rings. The van der Waals surface area contributed by atoms with Crippen LogP contribution in [-0.2, 0) is 4.74 Å². The number of hydrogen-bond donors (Lipinski definition) is 1. The van der Waals surface area contributed by atoms with Gasteiger partial charge in [0.1, 0.15) is 5.60 Å². The highest BCUT2D eigenvalue weighted by atomic mass is 16.6. The third-order valence-corrected chi connectivity index (χ3v) is 3.30. The van der Waals surface area contributed by atoms with Crippen molar-refractivity contribution in [2.45, 2.75) is 52.1 Å². The van der Waals surface area contributed by atoms with Gasteiger partial charge >= 0.3 is 6.09 Å². The topological polar surface area (TPSA) is 41.6 Å². The minimum atomic E-state index is -0.394. The molecule has 0 radical (unpaired) electrons. The molecule has 0 aliphatic carbocycles. The fraction of sp³-hybridized carbons (Fsp3) is 0.929. The summed E-state index contributed by atoms with van der Waals surface area (Å²) < 4.78 is 5.42. The van der Waals surface area contributed by atoms with Crippen LogP contribution in [0.15, 0.2) is 0 Å². The Kier molecular flexibility index (Phi) is 5.93. The van der Waals surface area contributed by atoms with Gasteiger partial charge in [0.25, 0.3) is 0 Å². The average molecular weight is 256 g/mol. The van der Waals surface area contributed by atoms with Crippen molar-refractivity contribution in [3.63, 3.8) is 0 Å². The predicted molar refractivity (Wildman–Crippen MR) is 73.7 cm³/mol. The number of carbonyl (C=O) groups is 1. The zero-order valence-corrected chi connectivity index (χ0v) is 12.3. The van der Waals surface area contributed by atoms with Crippen LogP contribution in [0.5, 0.6) is 0 Å². The van der Waals surface area contributed by atoms with E-state index < -0.39 is 5.60 Å². The monoisotopic (exact) mass is 256 g/mol. The molecule has 1 aliphatic heterocycles. The molecule has 1 heterocycles. The fourth-order valence-electron chi connectivity index (χ4n) is 2.31. The Bertz CT molecular complexity index is 261. The van der Waals surface area contributed by atoms with Crippen molar-refractivity contribution in [3.8, 4) is 0 Å². The molecular weight excluding hydrogens is 228 g/mol. The molecule has 1 rings (SSSR count). The van der Waals surface area contributed by atoms with E-state index in [1.54, 1.807) is 0 Å². The van der Waals surface area contributed by atoms with Crippen LogP contribution in [0.1, 0.15) is 46.5 Å². The van der Waals surface area contributed by atoms with Gasteiger partial charge in [0.2, 0.25) is 0 Å². The maximum atomic E-state index is 12.0. The van der Waals surface area contributed by atoms with Crippen molar-refractivity contribution in [2.24, 2.45) is 5.92 Å². The van der Waals surface area contributed by atoms with E-state index in [4.69, 9.17) is 4.74 Å². The minimum Gasteiger partial charge on any atom is -0.444 e. The van der Waals surface area contributed by atoms with Gasteiger partial charge < -0.3 is 15.0 Å². The quantitative estimate of drug-likeness (QED) is 0.844. The maximum absolute atomic E-state index is 12.0. The summed E-state index contributed by atoms with van der Waals surface area (Å²) >= 11 is 0. The van der Waals surface area contributed by atoms with Gasteiger partial charge in [-0.3, -0.25) is 0 Å². The summed E-state index contributed by atoms with van der Waals surface area (Å²) in [6, 6.07) is 0. The lowest BCUT2D eigenvalue weighted by molar-refractivity contribution is 0.0255. The van der Waals surface area contributed by atoms with Gasteiger partial charge in [-0.25, -0.2) is 4.79 Å². The lowest BCUT2D eigenvalue weighted by Gasteiger charge is -2.26. The average Bonchev–Trinajstić information content (AvgIpc) is 2.49. The fourth-order valence-corrected chi connectivity index (χ4v) is 2.31. The molecule has 0 saturated carbocycles. The number of carbonyl (C=O) groups excluding carboxylic acids is 1. The van der Waals surface area contributed by atoms with Gasteiger partial charge in [0.15, 0.2) is 0 Å². The number of likely N-dealkylation sites (tertiary alicyclic amines) is 1. The summed E-state index contributed by atoms with van der Waals surface area (Å²) in [6.45, 7) is 8.49. The minimum absolute atomic E-state index is 0.156. The molecule has 1 unspecified atom stereocenters. The van der Waals surface area contributed by atoms with E-state index in [1.807, 2.05) is 32.7 Å². The Balaban J connectivity index is 2.39. The van der Waals surface area contributed by atoms with Gasteiger partial charge in [-0.1, -0.05) is 0 Å². The second-order valence-corrected chi connectivity index (χ2v) is 6.16. The maximum Gasteiger partial charge on any atom is 0.410 e. The van der Waals surface area contributed by atoms with E-state index in [-0.39, 0.29) is 6.09 Å². The molecule has 1 atom stereocenters. The molecule has 4 nitrogen and oxygen atoms in total. The summed E-state index contributed by atoms with van der Waals surface area (Å²) in [5.41, 5.74) is -0.394. The SMILES string of the molecule is CNCCC1CCCN(C(=O)OC(C)(C)C)CC1. The molecular formula is C14H28N2O2. The van der Waals surface area contributed by atoms with E-state index in [2.05, 4.69) is 5.32 Å². The number of nitrogens with zero attached hydrogens (tertiary/aromatic N) is 1. The first-order valence-corrected chi connectivity index (χ1v) is 7.05. The highest BCUT2D eigenvalue weighted by Gasteiger charge is 2.24. The van der Waals surface area contributed by atoms with Crippen LogP contribution in [0.25, 0.3) is 0 Å². The standard InChI is InChI=1S/C14H28N2O2/c1-14(2,3)18-13(17)16-10-5-6-12(8-11-16)7-9-15-4/h12,15H,5-11H2,1-4H3. The molecule has 1 amide bonds. The van der Waals surface area contributed by atoms with Crippen LogP contribution in [-0.4, -0.2) is 43.3 Å². The Hall–Kier alpha value is -0.770. The largest absolute Gasteiger partial charge is 0.444 e. The van der Waals surface area contributed by atoms with Gasteiger partial charge in [0.05, 0.1) is 0 Å². The van der Waals surface area contributed by atoms with Crippen LogP contribution in [0.2, 0.25) is 0 Å². The molecule has 0 spiro atoms. The van der Waals surface area contributed by atoms with Crippen LogP contribution >= 0.6 is 0 Å². The van der Waals surface area contributed by atoms with Crippen LogP contribution in [0.3, 0.4) is 0 Å². The lowest BCUT2D eigenvalue weighted by atomic mass is 9.97. The second kappa shape index (κ2) is 6.98. The van der Waals surface area contributed by atoms with Crippen molar-refractivity contribution in [2.75, 3.05) is 26.7 Å². The second-order valence-electron chi connectivity index (χ2n) is 6.16. The van der Waals surface area contributed by atoms with Gasteiger partial charge in [-0.2, -0.15) is 0 Å². The molecule has 0 aromatic heterocycles. The first kappa shape index (κ1) is 15.3. The molecule has 4 heteroatoms. The van der Waals surface area contributed by atoms with Crippen molar-refractivity contribution >= 4 is 6.09 Å². The lowest BCUT2D eigenvalue weighted by Crippen LogP contribution is -2.37. The summed E-state index contributed by atoms with van der Waals surface area (Å²) in [5, 5.41) is 3.20. The highest BCUT2D eigenvalue weighted by molar-refractivity contribution is 5.68. The van der Waals surface area contributed by atoms with Gasteiger partial charge in [0, 0.05) is 13.1 Å². The molecule has 1 aliphatic rings. The first-order chi connectivity index (χ1) is 8.42. The number of hydrogen-bond acceptors (Lipinski definition) is 3. The molecule has 1 N–H and O–H groups in total. The Morgan fingerprint density at radius 3 is 2.67 bits per heavy atom. The molecule has 1 fully saturated rings. The van der Waals surface area contributed by atoms with Crippen LogP contribution in [0.4, 0.5) is 4.79 Å². The molecule has 1 saturated heterocycles. The third kappa shape index (κ3) is 5.71. The molecule has 0 aromatic carbocycles. The van der Waals surface area contributed by atoms with Gasteiger partial charge in [-0.05, 0) is 66.0 Å². The third-order valence-electron chi connectivity index (χ3n) is 3.30. The number of nitrogens with one attached hydrogen (secondary N) is 1. The summed E-state index contributed by atoms with van der Waals surface area (Å²) in [5.74, 6) is 0.741. The first-order valence-electron chi connectivity index (χ1n) is 7.05. The zero-order valence-electron chi connectivity index (χ0n) is 12.3. The van der Waals surface area contributed by atoms with Crippen molar-refractivity contribution in [3.05, 3.63) is 0 Å². The van der Waals surface area contributed by atoms with E-state index in [0.29, 0.717) is 0 Å². The highest BCUT2D eigenvalue weighted by Crippen LogP contribution is 2.21. The van der Waals surface area contributed by atoms with E-state index >= 15 is 0 Å². The number of rotatable bonds is 3. The van der Waals surface area contributed by atoms with E-state index in [1.165, 1.54) is 12.8 Å². The Labute approximate surface area is 111 Å². The van der Waals surface area contributed by atoms with Crippen molar-refractivity contribution < 1.29 is 9.53 Å². The summed E-state index contributed by atoms with van der Waals surface area (Å²) in [4.78, 5) is 13.8. The Morgan fingerprint density at radius 1 is 1.33 bits per heavy atom. The molecule has 0 bridgehead atoms. The van der Waals surface area contributed by atoms with Crippen LogP contribution in [0, 0.1) is 5.92 Å². The van der Waals surface area contributed by atoms with E-state index in [0.717, 1.165) is 38.4 Å². The summed E-state index contributed by atoms with van der Waals surface area (Å²) in [7, 11) is 1.99.